The van der Waals surface area contributed by atoms with Crippen LogP contribution in [0.5, 0.6) is 0 Å². The van der Waals surface area contributed by atoms with Gasteiger partial charge in [0.2, 0.25) is 0 Å². The van der Waals surface area contributed by atoms with E-state index in [9.17, 15) is 9.59 Å². The van der Waals surface area contributed by atoms with Crippen LogP contribution in [-0.2, 0) is 7.05 Å². The van der Waals surface area contributed by atoms with E-state index >= 15 is 0 Å². The smallest absolute Gasteiger partial charge is 0.279 e. The Kier molecular flexibility index (Phi) is 3.01. The summed E-state index contributed by atoms with van der Waals surface area (Å²) in [5, 5.41) is 6.37. The Morgan fingerprint density at radius 3 is 2.79 bits per heavy atom. The Hall–Kier alpha value is -1.65. The highest BCUT2D eigenvalue weighted by Gasteiger charge is 2.11. The lowest BCUT2D eigenvalue weighted by molar-refractivity contribution is 0.0940. The van der Waals surface area contributed by atoms with Crippen molar-refractivity contribution in [3.63, 3.8) is 0 Å². The zero-order valence-corrected chi connectivity index (χ0v) is 8.44. The van der Waals surface area contributed by atoms with Gasteiger partial charge in [-0.25, -0.2) is 4.68 Å². The lowest BCUT2D eigenvalue weighted by Crippen LogP contribution is -2.36. The van der Waals surface area contributed by atoms with Gasteiger partial charge in [0.15, 0.2) is 0 Å². The molecular weight excluding hydrogens is 182 g/mol. The Morgan fingerprint density at radius 2 is 2.21 bits per heavy atom. The molecule has 0 atom stereocenters. The van der Waals surface area contributed by atoms with E-state index in [0.717, 1.165) is 4.68 Å². The molecule has 5 nitrogen and oxygen atoms in total. The van der Waals surface area contributed by atoms with Crippen LogP contribution in [0.25, 0.3) is 0 Å². The normalized spacial score (nSPS) is 10.3. The number of carbonyl (C=O) groups excluding carboxylic acids is 1. The zero-order chi connectivity index (χ0) is 10.7. The highest BCUT2D eigenvalue weighted by molar-refractivity contribution is 5.93. The first-order valence-corrected chi connectivity index (χ1v) is 4.35. The highest BCUT2D eigenvalue weighted by atomic mass is 16.2. The van der Waals surface area contributed by atoms with E-state index in [1.165, 1.54) is 19.3 Å². The molecule has 0 bridgehead atoms. The molecule has 0 aliphatic heterocycles. The molecule has 0 saturated carbocycles. The first kappa shape index (κ1) is 10.4. The van der Waals surface area contributed by atoms with Crippen molar-refractivity contribution in [2.75, 3.05) is 0 Å². The topological polar surface area (TPSA) is 64.0 Å². The Labute approximate surface area is 81.7 Å². The van der Waals surface area contributed by atoms with Crippen LogP contribution in [0, 0.1) is 0 Å². The fourth-order valence-corrected chi connectivity index (χ4v) is 1.02. The van der Waals surface area contributed by atoms with E-state index in [1.54, 1.807) is 0 Å². The summed E-state index contributed by atoms with van der Waals surface area (Å²) < 4.78 is 1.13. The van der Waals surface area contributed by atoms with Crippen molar-refractivity contribution < 1.29 is 4.79 Å². The summed E-state index contributed by atoms with van der Waals surface area (Å²) in [4.78, 5) is 22.9. The van der Waals surface area contributed by atoms with E-state index in [2.05, 4.69) is 10.4 Å². The predicted molar refractivity (Wildman–Crippen MR) is 52.1 cm³/mol. The zero-order valence-electron chi connectivity index (χ0n) is 8.44. The van der Waals surface area contributed by atoms with E-state index in [4.69, 9.17) is 0 Å². The van der Waals surface area contributed by atoms with Gasteiger partial charge in [-0.2, -0.15) is 5.10 Å². The second kappa shape index (κ2) is 4.04. The third-order valence-corrected chi connectivity index (χ3v) is 1.67. The number of carbonyl (C=O) groups is 1. The molecule has 1 aromatic heterocycles. The molecule has 0 aliphatic carbocycles. The maximum Gasteiger partial charge on any atom is 0.279 e. The lowest BCUT2D eigenvalue weighted by Gasteiger charge is -2.07. The Balaban J connectivity index is 3.02. The number of rotatable bonds is 2. The van der Waals surface area contributed by atoms with Crippen LogP contribution >= 0.6 is 0 Å². The minimum atomic E-state index is -0.384. The molecule has 0 fully saturated rings. The number of hydrogen-bond acceptors (Lipinski definition) is 3. The summed E-state index contributed by atoms with van der Waals surface area (Å²) in [6.07, 6.45) is 1.43. The molecule has 1 heterocycles. The number of aryl methyl sites for hydroxylation is 1. The molecule has 1 aromatic rings. The van der Waals surface area contributed by atoms with Gasteiger partial charge in [-0.1, -0.05) is 0 Å². The van der Waals surface area contributed by atoms with Gasteiger partial charge in [0, 0.05) is 19.3 Å². The van der Waals surface area contributed by atoms with Crippen molar-refractivity contribution in [2.45, 2.75) is 19.9 Å². The number of aromatic nitrogens is 2. The molecule has 0 unspecified atom stereocenters. The Morgan fingerprint density at radius 1 is 1.57 bits per heavy atom. The van der Waals surface area contributed by atoms with E-state index < -0.39 is 0 Å². The third kappa shape index (κ3) is 2.18. The molecule has 0 aliphatic rings. The molecule has 1 rings (SSSR count). The van der Waals surface area contributed by atoms with Gasteiger partial charge >= 0.3 is 0 Å². The number of nitrogens with zero attached hydrogens (tertiary/aromatic N) is 2. The number of amides is 1. The summed E-state index contributed by atoms with van der Waals surface area (Å²) >= 11 is 0. The molecule has 14 heavy (non-hydrogen) atoms. The van der Waals surface area contributed by atoms with Gasteiger partial charge in [-0.05, 0) is 19.9 Å². The number of nitrogens with one attached hydrogen (secondary N) is 1. The molecule has 1 N–H and O–H groups in total. The molecule has 1 amide bonds. The summed E-state index contributed by atoms with van der Waals surface area (Å²) in [5.41, 5.74) is -0.262. The maximum absolute atomic E-state index is 11.5. The van der Waals surface area contributed by atoms with Crippen molar-refractivity contribution in [3.8, 4) is 0 Å². The van der Waals surface area contributed by atoms with Crippen LogP contribution < -0.4 is 10.9 Å². The van der Waals surface area contributed by atoms with Gasteiger partial charge in [-0.3, -0.25) is 9.59 Å². The summed E-state index contributed by atoms with van der Waals surface area (Å²) in [5.74, 6) is -0.358. The first-order chi connectivity index (χ1) is 6.52. The van der Waals surface area contributed by atoms with Crippen LogP contribution in [0.2, 0.25) is 0 Å². The molecule has 0 radical (unpaired) electrons. The molecular formula is C9H13N3O2. The van der Waals surface area contributed by atoms with Gasteiger partial charge in [0.05, 0.1) is 0 Å². The van der Waals surface area contributed by atoms with Crippen LogP contribution in [-0.4, -0.2) is 21.7 Å². The third-order valence-electron chi connectivity index (χ3n) is 1.67. The van der Waals surface area contributed by atoms with Gasteiger partial charge in [0.1, 0.15) is 5.56 Å². The maximum atomic E-state index is 11.5. The predicted octanol–water partition coefficient (Wildman–Crippen LogP) is -0.0815. The second-order valence-electron chi connectivity index (χ2n) is 3.30. The fourth-order valence-electron chi connectivity index (χ4n) is 1.02. The van der Waals surface area contributed by atoms with Crippen molar-refractivity contribution >= 4 is 5.91 Å². The monoisotopic (exact) mass is 195 g/mol. The standard InChI is InChI=1S/C9H13N3O2/c1-6(2)11-8(13)7-4-5-10-12(3)9(7)14/h4-6H,1-3H3,(H,11,13). The van der Waals surface area contributed by atoms with Gasteiger partial charge < -0.3 is 5.32 Å². The minimum absolute atomic E-state index is 0.0142. The molecule has 0 spiro atoms. The molecule has 76 valence electrons. The second-order valence-corrected chi connectivity index (χ2v) is 3.30. The van der Waals surface area contributed by atoms with Crippen molar-refractivity contribution in [2.24, 2.45) is 7.05 Å². The highest BCUT2D eigenvalue weighted by Crippen LogP contribution is 1.90. The molecule has 0 aromatic carbocycles. The molecule has 5 heteroatoms. The van der Waals surface area contributed by atoms with Crippen molar-refractivity contribution in [3.05, 3.63) is 28.2 Å². The van der Waals surface area contributed by atoms with E-state index in [-0.39, 0.29) is 23.1 Å². The van der Waals surface area contributed by atoms with Gasteiger partial charge in [-0.15, -0.1) is 0 Å². The van der Waals surface area contributed by atoms with Crippen molar-refractivity contribution in [1.82, 2.24) is 15.1 Å². The quantitative estimate of drug-likeness (QED) is 0.717. The lowest BCUT2D eigenvalue weighted by atomic mass is 10.2. The minimum Gasteiger partial charge on any atom is -0.350 e. The van der Waals surface area contributed by atoms with E-state index in [1.807, 2.05) is 13.8 Å². The van der Waals surface area contributed by atoms with Crippen LogP contribution in [0.15, 0.2) is 17.1 Å². The van der Waals surface area contributed by atoms with E-state index in [0.29, 0.717) is 0 Å². The van der Waals surface area contributed by atoms with Gasteiger partial charge in [0.25, 0.3) is 11.5 Å². The molecule has 0 saturated heterocycles. The van der Waals surface area contributed by atoms with Crippen LogP contribution in [0.4, 0.5) is 0 Å². The average Bonchev–Trinajstić information content (AvgIpc) is 2.08. The van der Waals surface area contributed by atoms with Crippen LogP contribution in [0.1, 0.15) is 24.2 Å². The first-order valence-electron chi connectivity index (χ1n) is 4.35. The number of hydrogen-bond donors (Lipinski definition) is 1. The fraction of sp³-hybridized carbons (Fsp3) is 0.444. The average molecular weight is 195 g/mol. The summed E-state index contributed by atoms with van der Waals surface area (Å²) in [6.45, 7) is 3.67. The van der Waals surface area contributed by atoms with Crippen molar-refractivity contribution in [1.29, 1.82) is 0 Å². The largest absolute Gasteiger partial charge is 0.350 e. The SMILES string of the molecule is CC(C)NC(=O)c1ccnn(C)c1=O. The van der Waals surface area contributed by atoms with Crippen LogP contribution in [0.3, 0.4) is 0 Å². The summed E-state index contributed by atoms with van der Waals surface area (Å²) in [7, 11) is 1.51. The summed E-state index contributed by atoms with van der Waals surface area (Å²) in [6, 6.07) is 1.43. The Bertz CT molecular complexity index is 395.